The van der Waals surface area contributed by atoms with Crippen LogP contribution in [-0.2, 0) is 10.9 Å². The summed E-state index contributed by atoms with van der Waals surface area (Å²) in [6.45, 7) is 8.14. The van der Waals surface area contributed by atoms with Crippen LogP contribution in [0.15, 0.2) is 36.7 Å². The maximum absolute atomic E-state index is 13.9. The van der Waals surface area contributed by atoms with Crippen LogP contribution >= 0.6 is 0 Å². The molecule has 2 fully saturated rings. The molecule has 0 radical (unpaired) electrons. The molecule has 0 atom stereocenters. The van der Waals surface area contributed by atoms with Gasteiger partial charge in [-0.3, -0.25) is 4.84 Å². The van der Waals surface area contributed by atoms with E-state index in [0.717, 1.165) is 38.2 Å². The van der Waals surface area contributed by atoms with Gasteiger partial charge in [0.25, 0.3) is 5.88 Å². The summed E-state index contributed by atoms with van der Waals surface area (Å²) >= 11 is 0. The number of rotatable bonds is 7. The molecule has 0 bridgehead atoms. The van der Waals surface area contributed by atoms with Crippen molar-refractivity contribution in [1.29, 1.82) is 0 Å². The molecular weight excluding hydrogens is 525 g/mol. The highest BCUT2D eigenvalue weighted by Gasteiger charge is 2.37. The molecule has 214 valence electrons. The maximum Gasteiger partial charge on any atom is 0.417 e. The van der Waals surface area contributed by atoms with Crippen LogP contribution in [-0.4, -0.2) is 70.0 Å². The molecule has 0 unspecified atom stereocenters. The molecule has 2 aliphatic heterocycles. The zero-order chi connectivity index (χ0) is 28.3. The van der Waals surface area contributed by atoms with E-state index in [1.165, 1.54) is 12.5 Å². The van der Waals surface area contributed by atoms with Gasteiger partial charge in [-0.05, 0) is 32.4 Å². The van der Waals surface area contributed by atoms with Crippen molar-refractivity contribution in [3.63, 3.8) is 0 Å². The van der Waals surface area contributed by atoms with Crippen molar-refractivity contribution < 1.29 is 27.4 Å². The number of aromatic nitrogens is 4. The third-order valence-corrected chi connectivity index (χ3v) is 7.31. The SMILES string of the molecule is CC(C)[N+]1(Oc2ccc(Nc3cc(-c4cnc(N)cc4C(F)(F)F)nc(N4CCOCC4)n3)cn2)CCCCC1. The third kappa shape index (κ3) is 6.20. The van der Waals surface area contributed by atoms with Crippen LogP contribution in [0.1, 0.15) is 38.7 Å². The molecule has 0 saturated carbocycles. The van der Waals surface area contributed by atoms with Gasteiger partial charge in [0.15, 0.2) is 0 Å². The second kappa shape index (κ2) is 11.4. The van der Waals surface area contributed by atoms with Gasteiger partial charge in [-0.25, -0.2) is 15.0 Å². The zero-order valence-electron chi connectivity index (χ0n) is 22.6. The fourth-order valence-electron chi connectivity index (χ4n) is 5.05. The first-order valence-corrected chi connectivity index (χ1v) is 13.5. The smallest absolute Gasteiger partial charge is 0.384 e. The third-order valence-electron chi connectivity index (χ3n) is 7.31. The van der Waals surface area contributed by atoms with Crippen molar-refractivity contribution >= 4 is 23.3 Å². The van der Waals surface area contributed by atoms with E-state index in [1.54, 1.807) is 12.3 Å². The molecule has 0 aromatic carbocycles. The second-order valence-electron chi connectivity index (χ2n) is 10.3. The van der Waals surface area contributed by atoms with E-state index in [9.17, 15) is 13.2 Å². The molecular formula is C27H34F3N8O2+. The number of anilines is 4. The first-order chi connectivity index (χ1) is 19.1. The van der Waals surface area contributed by atoms with Crippen LogP contribution in [0.25, 0.3) is 11.3 Å². The molecule has 5 rings (SSSR count). The number of likely N-dealkylation sites (tertiary alicyclic amines) is 1. The number of ether oxygens (including phenoxy) is 1. The molecule has 5 heterocycles. The minimum Gasteiger partial charge on any atom is -0.384 e. The Morgan fingerprint density at radius 1 is 1.02 bits per heavy atom. The second-order valence-corrected chi connectivity index (χ2v) is 10.3. The van der Waals surface area contributed by atoms with Crippen molar-refractivity contribution in [3.05, 3.63) is 42.2 Å². The van der Waals surface area contributed by atoms with E-state index in [0.29, 0.717) is 54.4 Å². The molecule has 13 heteroatoms. The van der Waals surface area contributed by atoms with E-state index >= 15 is 0 Å². The average Bonchev–Trinajstić information content (AvgIpc) is 2.94. The Hall–Kier alpha value is -3.71. The van der Waals surface area contributed by atoms with Gasteiger partial charge < -0.3 is 20.7 Å². The lowest BCUT2D eigenvalue weighted by atomic mass is 10.1. The van der Waals surface area contributed by atoms with Crippen LogP contribution in [0.5, 0.6) is 5.88 Å². The Bertz CT molecular complexity index is 1310. The number of hydroxylamine groups is 3. The van der Waals surface area contributed by atoms with Crippen molar-refractivity contribution in [2.24, 2.45) is 0 Å². The molecule has 0 spiro atoms. The molecule has 40 heavy (non-hydrogen) atoms. The van der Waals surface area contributed by atoms with Gasteiger partial charge in [0.2, 0.25) is 5.95 Å². The molecule has 3 aromatic heterocycles. The Morgan fingerprint density at radius 3 is 2.42 bits per heavy atom. The van der Waals surface area contributed by atoms with Gasteiger partial charge in [0.05, 0.1) is 36.4 Å². The summed E-state index contributed by atoms with van der Waals surface area (Å²) in [5.41, 5.74) is 5.15. The van der Waals surface area contributed by atoms with E-state index in [1.807, 2.05) is 11.0 Å². The minimum absolute atomic E-state index is 0.0696. The van der Waals surface area contributed by atoms with E-state index < -0.39 is 11.7 Å². The number of hydrogen-bond donors (Lipinski definition) is 2. The van der Waals surface area contributed by atoms with Crippen molar-refractivity contribution in [2.75, 3.05) is 55.3 Å². The van der Waals surface area contributed by atoms with Crippen LogP contribution in [0.4, 0.5) is 36.4 Å². The number of nitrogens with two attached hydrogens (primary N) is 1. The Morgan fingerprint density at radius 2 is 1.77 bits per heavy atom. The number of hydrogen-bond acceptors (Lipinski definition) is 9. The largest absolute Gasteiger partial charge is 0.417 e. The van der Waals surface area contributed by atoms with E-state index in [-0.39, 0.29) is 23.0 Å². The zero-order valence-corrected chi connectivity index (χ0v) is 22.6. The lowest BCUT2D eigenvalue weighted by Gasteiger charge is -2.41. The highest BCUT2D eigenvalue weighted by atomic mass is 19.4. The maximum atomic E-state index is 13.9. The predicted octanol–water partition coefficient (Wildman–Crippen LogP) is 4.82. The van der Waals surface area contributed by atoms with Gasteiger partial charge in [-0.1, -0.05) is 0 Å². The number of morpholine rings is 1. The number of nitrogens with zero attached hydrogens (tertiary/aromatic N) is 6. The quantitative estimate of drug-likeness (QED) is 0.394. The summed E-state index contributed by atoms with van der Waals surface area (Å²) in [5.74, 6) is 0.890. The van der Waals surface area contributed by atoms with Crippen LogP contribution in [0.2, 0.25) is 0 Å². The lowest BCUT2D eigenvalue weighted by molar-refractivity contribution is -1.10. The summed E-state index contributed by atoms with van der Waals surface area (Å²) in [5, 5.41) is 3.17. The first-order valence-electron chi connectivity index (χ1n) is 13.5. The fraction of sp³-hybridized carbons (Fsp3) is 0.481. The fourth-order valence-corrected chi connectivity index (χ4v) is 5.05. The molecule has 2 saturated heterocycles. The van der Waals surface area contributed by atoms with Gasteiger partial charge >= 0.3 is 6.18 Å². The van der Waals surface area contributed by atoms with Gasteiger partial charge in [0, 0.05) is 49.8 Å². The Labute approximate surface area is 230 Å². The first kappa shape index (κ1) is 27.8. The molecule has 2 aliphatic rings. The minimum atomic E-state index is -4.64. The Kier molecular flexibility index (Phi) is 7.95. The molecule has 0 amide bonds. The summed E-state index contributed by atoms with van der Waals surface area (Å²) in [6, 6.07) is 6.17. The Balaban J connectivity index is 1.45. The summed E-state index contributed by atoms with van der Waals surface area (Å²) in [7, 11) is 0. The molecule has 10 nitrogen and oxygen atoms in total. The number of halogens is 3. The standard InChI is InChI=1S/C27H34F3N8O2/c1-18(2)38(10-4-3-5-11-38)40-25-7-6-19(16-33-25)34-24-15-22(35-26(36-24)37-8-12-39-13-9-37)20-17-32-23(31)14-21(20)27(28,29)30/h6-7,14-18H,3-5,8-13H2,1-2H3,(H2,31,32)(H,34,35,36)/q+1. The van der Waals surface area contributed by atoms with E-state index in [2.05, 4.69) is 39.1 Å². The highest BCUT2D eigenvalue weighted by molar-refractivity contribution is 5.71. The monoisotopic (exact) mass is 559 g/mol. The number of pyridine rings is 2. The topological polar surface area (TPSA) is 111 Å². The molecule has 3 N–H and O–H groups in total. The van der Waals surface area contributed by atoms with E-state index in [4.69, 9.17) is 15.3 Å². The summed E-state index contributed by atoms with van der Waals surface area (Å²) in [6.07, 6.45) is 1.50. The highest BCUT2D eigenvalue weighted by Crippen LogP contribution is 2.38. The van der Waals surface area contributed by atoms with Gasteiger partial charge in [0.1, 0.15) is 30.8 Å². The van der Waals surface area contributed by atoms with Crippen LogP contribution in [0, 0.1) is 0 Å². The lowest BCUT2D eigenvalue weighted by Crippen LogP contribution is -2.58. The normalized spacial score (nSPS) is 17.6. The number of piperidine rings is 1. The summed E-state index contributed by atoms with van der Waals surface area (Å²) in [4.78, 5) is 25.7. The number of alkyl halides is 3. The number of nitrogen functional groups attached to an aromatic ring is 1. The van der Waals surface area contributed by atoms with Gasteiger partial charge in [-0.15, -0.1) is 4.65 Å². The van der Waals surface area contributed by atoms with Crippen molar-refractivity contribution in [3.8, 4) is 17.1 Å². The van der Waals surface area contributed by atoms with Crippen molar-refractivity contribution in [2.45, 2.75) is 45.3 Å². The van der Waals surface area contributed by atoms with Gasteiger partial charge in [-0.2, -0.15) is 18.2 Å². The predicted molar refractivity (Wildman–Crippen MR) is 145 cm³/mol. The molecule has 3 aromatic rings. The number of nitrogens with one attached hydrogen (secondary N) is 1. The summed E-state index contributed by atoms with van der Waals surface area (Å²) < 4.78 is 47.7. The van der Waals surface area contributed by atoms with Crippen molar-refractivity contribution in [1.82, 2.24) is 19.9 Å². The average molecular weight is 560 g/mol. The molecule has 0 aliphatic carbocycles. The van der Waals surface area contributed by atoms with Crippen LogP contribution in [0.3, 0.4) is 0 Å². The number of quaternary nitrogens is 1. The van der Waals surface area contributed by atoms with Crippen LogP contribution < -0.4 is 20.8 Å².